The van der Waals surface area contributed by atoms with Crippen LogP contribution in [0.3, 0.4) is 0 Å². The van der Waals surface area contributed by atoms with Gasteiger partial charge in [-0.05, 0) is 24.5 Å². The van der Waals surface area contributed by atoms with E-state index in [4.69, 9.17) is 4.74 Å². The van der Waals surface area contributed by atoms with E-state index in [1.165, 1.54) is 5.56 Å². The molecule has 0 saturated heterocycles. The molecule has 1 aliphatic carbocycles. The smallest absolute Gasteiger partial charge is 0.225 e. The van der Waals surface area contributed by atoms with Gasteiger partial charge in [-0.3, -0.25) is 9.79 Å². The predicted molar refractivity (Wildman–Crippen MR) is 114 cm³/mol. The van der Waals surface area contributed by atoms with Crippen LogP contribution in [0.25, 0.3) is 0 Å². The van der Waals surface area contributed by atoms with Gasteiger partial charge in [0.25, 0.3) is 0 Å². The maximum absolute atomic E-state index is 12.0. The fraction of sp³-hybridized carbons (Fsp3) is 0.636. The molecule has 0 aromatic heterocycles. The number of aliphatic imine (C=N–C) groups is 1. The molecule has 3 atom stereocenters. The summed E-state index contributed by atoms with van der Waals surface area (Å²) in [5, 5.41) is 9.92. The molecule has 1 heterocycles. The van der Waals surface area contributed by atoms with Gasteiger partial charge in [0.1, 0.15) is 0 Å². The van der Waals surface area contributed by atoms with Gasteiger partial charge in [-0.25, -0.2) is 0 Å². The minimum atomic E-state index is 0.0700. The van der Waals surface area contributed by atoms with Gasteiger partial charge in [-0.1, -0.05) is 45.4 Å². The van der Waals surface area contributed by atoms with E-state index < -0.39 is 0 Å². The van der Waals surface area contributed by atoms with Crippen LogP contribution in [0.15, 0.2) is 29.3 Å². The first-order valence-electron chi connectivity index (χ1n) is 10.4. The molecular formula is C22H34N4O2. The summed E-state index contributed by atoms with van der Waals surface area (Å²) >= 11 is 0. The fourth-order valence-corrected chi connectivity index (χ4v) is 4.05. The number of carbonyl (C=O) groups excluding carboxylic acids is 1. The van der Waals surface area contributed by atoms with Gasteiger partial charge < -0.3 is 20.7 Å². The fourth-order valence-electron chi connectivity index (χ4n) is 4.05. The zero-order chi connectivity index (χ0) is 20.1. The van der Waals surface area contributed by atoms with Crippen molar-refractivity contribution >= 4 is 17.6 Å². The molecule has 154 valence electrons. The number of hydrogen-bond acceptors (Lipinski definition) is 3. The van der Waals surface area contributed by atoms with E-state index in [0.29, 0.717) is 25.1 Å². The van der Waals surface area contributed by atoms with Crippen LogP contribution in [0.2, 0.25) is 0 Å². The maximum Gasteiger partial charge on any atom is 0.225 e. The third-order valence-electron chi connectivity index (χ3n) is 6.15. The second-order valence-corrected chi connectivity index (χ2v) is 8.46. The van der Waals surface area contributed by atoms with E-state index in [0.717, 1.165) is 37.5 Å². The topological polar surface area (TPSA) is 74.8 Å². The molecule has 1 amide bonds. The standard InChI is InChI=1S/C22H34N4O2/c1-5-6-11-28-19-13-18(22(19,2)3)26-21(23-4)24-14-15-12-20(27)25-17-10-8-7-9-16(15)17/h7-10,15,18-19H,5-6,11-14H2,1-4H3,(H,25,27)(H2,23,24,26). The van der Waals surface area contributed by atoms with Crippen molar-refractivity contribution in [3.8, 4) is 0 Å². The van der Waals surface area contributed by atoms with Crippen LogP contribution in [0.4, 0.5) is 5.69 Å². The molecule has 1 aromatic rings. The summed E-state index contributed by atoms with van der Waals surface area (Å²) in [6, 6.07) is 8.35. The minimum absolute atomic E-state index is 0.0700. The number of nitrogens with one attached hydrogen (secondary N) is 3. The Kier molecular flexibility index (Phi) is 6.60. The highest BCUT2D eigenvalue weighted by atomic mass is 16.5. The monoisotopic (exact) mass is 386 g/mol. The summed E-state index contributed by atoms with van der Waals surface area (Å²) in [5.74, 6) is 0.997. The Labute approximate surface area is 168 Å². The van der Waals surface area contributed by atoms with Gasteiger partial charge in [0, 0.05) is 49.7 Å². The SMILES string of the molecule is CCCCOC1CC(NC(=NC)NCC2CC(=O)Nc3ccccc32)C1(C)C. The molecule has 1 aliphatic heterocycles. The van der Waals surface area contributed by atoms with Crippen molar-refractivity contribution in [2.24, 2.45) is 10.4 Å². The normalized spacial score (nSPS) is 26.1. The molecule has 6 nitrogen and oxygen atoms in total. The Morgan fingerprint density at radius 1 is 1.36 bits per heavy atom. The summed E-state index contributed by atoms with van der Waals surface area (Å²) < 4.78 is 6.04. The molecule has 6 heteroatoms. The van der Waals surface area contributed by atoms with Gasteiger partial charge in [-0.15, -0.1) is 0 Å². The van der Waals surface area contributed by atoms with Crippen LogP contribution in [0, 0.1) is 5.41 Å². The molecule has 1 fully saturated rings. The molecular weight excluding hydrogens is 352 g/mol. The third-order valence-corrected chi connectivity index (χ3v) is 6.15. The van der Waals surface area contributed by atoms with Crippen molar-refractivity contribution in [1.29, 1.82) is 0 Å². The Bertz CT molecular complexity index is 716. The molecule has 3 rings (SSSR count). The average molecular weight is 387 g/mol. The predicted octanol–water partition coefficient (Wildman–Crippen LogP) is 3.26. The number of guanidine groups is 1. The van der Waals surface area contributed by atoms with Gasteiger partial charge >= 0.3 is 0 Å². The van der Waals surface area contributed by atoms with Crippen LogP contribution >= 0.6 is 0 Å². The summed E-state index contributed by atoms with van der Waals surface area (Å²) in [5.41, 5.74) is 2.17. The van der Waals surface area contributed by atoms with E-state index >= 15 is 0 Å². The highest BCUT2D eigenvalue weighted by Gasteiger charge is 2.49. The second kappa shape index (κ2) is 8.95. The number of rotatable bonds is 7. The number of unbranched alkanes of at least 4 members (excludes halogenated alkanes) is 1. The minimum Gasteiger partial charge on any atom is -0.378 e. The number of nitrogens with zero attached hydrogens (tertiary/aromatic N) is 1. The van der Waals surface area contributed by atoms with Crippen molar-refractivity contribution < 1.29 is 9.53 Å². The maximum atomic E-state index is 12.0. The number of ether oxygens (including phenoxy) is 1. The Balaban J connectivity index is 1.53. The third kappa shape index (κ3) is 4.49. The molecule has 3 unspecified atom stereocenters. The number of fused-ring (bicyclic) bond motifs is 1. The molecule has 0 radical (unpaired) electrons. The summed E-state index contributed by atoms with van der Waals surface area (Å²) in [6.45, 7) is 8.20. The van der Waals surface area contributed by atoms with E-state index in [9.17, 15) is 4.79 Å². The first-order valence-corrected chi connectivity index (χ1v) is 10.4. The quantitative estimate of drug-likeness (QED) is 0.382. The van der Waals surface area contributed by atoms with Crippen molar-refractivity contribution in [2.45, 2.75) is 64.5 Å². The highest BCUT2D eigenvalue weighted by molar-refractivity contribution is 5.94. The number of carbonyl (C=O) groups is 1. The Hall–Kier alpha value is -2.08. The zero-order valence-electron chi connectivity index (χ0n) is 17.5. The van der Waals surface area contributed by atoms with Crippen LogP contribution in [-0.2, 0) is 9.53 Å². The summed E-state index contributed by atoms with van der Waals surface area (Å²) in [7, 11) is 1.79. The number of para-hydroxylation sites is 1. The van der Waals surface area contributed by atoms with E-state index in [1.54, 1.807) is 7.05 Å². The summed E-state index contributed by atoms with van der Waals surface area (Å²) in [4.78, 5) is 16.4. The lowest BCUT2D eigenvalue weighted by atomic mass is 9.64. The van der Waals surface area contributed by atoms with Crippen molar-refractivity contribution in [1.82, 2.24) is 10.6 Å². The van der Waals surface area contributed by atoms with E-state index in [-0.39, 0.29) is 17.2 Å². The summed E-state index contributed by atoms with van der Waals surface area (Å²) in [6.07, 6.45) is 4.05. The average Bonchev–Trinajstić information content (AvgIpc) is 2.68. The van der Waals surface area contributed by atoms with Crippen molar-refractivity contribution in [2.75, 3.05) is 25.5 Å². The largest absolute Gasteiger partial charge is 0.378 e. The van der Waals surface area contributed by atoms with E-state index in [2.05, 4.69) is 47.8 Å². The lowest BCUT2D eigenvalue weighted by Gasteiger charge is -2.52. The molecule has 1 aromatic carbocycles. The van der Waals surface area contributed by atoms with Crippen molar-refractivity contribution in [3.05, 3.63) is 29.8 Å². The molecule has 3 N–H and O–H groups in total. The van der Waals surface area contributed by atoms with Crippen LogP contribution in [0.1, 0.15) is 57.9 Å². The van der Waals surface area contributed by atoms with Crippen LogP contribution in [0.5, 0.6) is 0 Å². The Morgan fingerprint density at radius 3 is 2.86 bits per heavy atom. The highest BCUT2D eigenvalue weighted by Crippen LogP contribution is 2.42. The number of benzene rings is 1. The first kappa shape index (κ1) is 20.6. The van der Waals surface area contributed by atoms with Crippen LogP contribution < -0.4 is 16.0 Å². The van der Waals surface area contributed by atoms with Gasteiger partial charge in [-0.2, -0.15) is 0 Å². The molecule has 1 saturated carbocycles. The van der Waals surface area contributed by atoms with Gasteiger partial charge in [0.2, 0.25) is 5.91 Å². The lowest BCUT2D eigenvalue weighted by Crippen LogP contribution is -2.63. The molecule has 2 aliphatic rings. The lowest BCUT2D eigenvalue weighted by molar-refractivity contribution is -0.116. The zero-order valence-corrected chi connectivity index (χ0v) is 17.5. The Morgan fingerprint density at radius 2 is 2.14 bits per heavy atom. The number of hydrogen-bond donors (Lipinski definition) is 3. The molecule has 0 spiro atoms. The molecule has 0 bridgehead atoms. The number of amides is 1. The molecule has 28 heavy (non-hydrogen) atoms. The van der Waals surface area contributed by atoms with Crippen molar-refractivity contribution in [3.63, 3.8) is 0 Å². The van der Waals surface area contributed by atoms with Gasteiger partial charge in [0.15, 0.2) is 5.96 Å². The number of anilines is 1. The second-order valence-electron chi connectivity index (χ2n) is 8.46. The van der Waals surface area contributed by atoms with E-state index in [1.807, 2.05) is 18.2 Å². The first-order chi connectivity index (χ1) is 13.5. The van der Waals surface area contributed by atoms with Gasteiger partial charge in [0.05, 0.1) is 6.10 Å². The van der Waals surface area contributed by atoms with Crippen LogP contribution in [-0.4, -0.2) is 44.2 Å².